The van der Waals surface area contributed by atoms with Gasteiger partial charge in [0.15, 0.2) is 0 Å². The second-order valence-electron chi connectivity index (χ2n) is 6.44. The number of carbonyl (C=O) groups is 1. The van der Waals surface area contributed by atoms with E-state index in [1.54, 1.807) is 6.07 Å². The van der Waals surface area contributed by atoms with E-state index in [0.29, 0.717) is 27.3 Å². The van der Waals surface area contributed by atoms with E-state index < -0.39 is 0 Å². The van der Waals surface area contributed by atoms with E-state index in [1.807, 2.05) is 48.2 Å². The zero-order chi connectivity index (χ0) is 19.1. The summed E-state index contributed by atoms with van der Waals surface area (Å²) in [7, 11) is 0. The number of benzene rings is 2. The van der Waals surface area contributed by atoms with E-state index >= 15 is 0 Å². The van der Waals surface area contributed by atoms with Gasteiger partial charge in [-0.3, -0.25) is 9.89 Å². The number of aromatic amines is 1. The Balaban J connectivity index is 1.89. The summed E-state index contributed by atoms with van der Waals surface area (Å²) in [5.74, 6) is -0.0596. The number of carbonyl (C=O) groups excluding carboxylic acids is 1. The minimum Gasteiger partial charge on any atom is -0.326 e. The summed E-state index contributed by atoms with van der Waals surface area (Å²) < 4.78 is 0. The Labute approximate surface area is 172 Å². The maximum atomic E-state index is 13.0. The molecule has 0 saturated carbocycles. The van der Waals surface area contributed by atoms with Crippen molar-refractivity contribution >= 4 is 40.7 Å². The predicted molar refractivity (Wildman–Crippen MR) is 109 cm³/mol. The Morgan fingerprint density at radius 3 is 2.48 bits per heavy atom. The summed E-state index contributed by atoms with van der Waals surface area (Å²) in [4.78, 5) is 14.8. The van der Waals surface area contributed by atoms with Gasteiger partial charge in [0.25, 0.3) is 5.91 Å². The molecule has 0 bridgehead atoms. The molecule has 4 nitrogen and oxygen atoms in total. The molecule has 2 aromatic carbocycles. The van der Waals surface area contributed by atoms with Crippen LogP contribution in [0, 0.1) is 0 Å². The fourth-order valence-corrected chi connectivity index (χ4v) is 3.96. The van der Waals surface area contributed by atoms with Gasteiger partial charge < -0.3 is 4.90 Å². The third-order valence-electron chi connectivity index (χ3n) is 4.71. The van der Waals surface area contributed by atoms with Crippen LogP contribution in [0.25, 0.3) is 11.3 Å². The Bertz CT molecular complexity index is 1010. The van der Waals surface area contributed by atoms with Crippen molar-refractivity contribution in [2.45, 2.75) is 19.4 Å². The number of aromatic nitrogens is 2. The molecule has 2 heterocycles. The monoisotopic (exact) mass is 419 g/mol. The molecule has 4 rings (SSSR count). The van der Waals surface area contributed by atoms with Gasteiger partial charge in [0.05, 0.1) is 21.8 Å². The molecule has 0 radical (unpaired) electrons. The summed E-state index contributed by atoms with van der Waals surface area (Å²) in [5.41, 5.74) is 3.91. The highest BCUT2D eigenvalue weighted by molar-refractivity contribution is 6.42. The van der Waals surface area contributed by atoms with E-state index in [2.05, 4.69) is 10.2 Å². The number of nitrogens with one attached hydrogen (secondary N) is 1. The highest BCUT2D eigenvalue weighted by atomic mass is 35.5. The predicted octanol–water partition coefficient (Wildman–Crippen LogP) is 5.99. The molecule has 1 aromatic heterocycles. The van der Waals surface area contributed by atoms with E-state index in [1.165, 1.54) is 0 Å². The van der Waals surface area contributed by atoms with Crippen LogP contribution >= 0.6 is 34.8 Å². The number of hydrogen-bond donors (Lipinski definition) is 1. The zero-order valence-electron chi connectivity index (χ0n) is 14.5. The quantitative estimate of drug-likeness (QED) is 0.563. The standard InChI is InChI=1S/C20H16Cl3N3O/c1-2-9-26-19(12-5-8-14(22)15(23)10-12)16-17(24-25-18(16)20(26)27)11-3-6-13(21)7-4-11/h3-8,10,19H,2,9H2,1H3,(H,24,25). The van der Waals surface area contributed by atoms with Gasteiger partial charge in [-0.25, -0.2) is 0 Å². The molecule has 1 atom stereocenters. The molecular weight excluding hydrogens is 405 g/mol. The molecule has 3 aromatic rings. The van der Waals surface area contributed by atoms with Crippen molar-refractivity contribution < 1.29 is 4.79 Å². The maximum absolute atomic E-state index is 13.0. The van der Waals surface area contributed by atoms with Crippen LogP contribution in [0.5, 0.6) is 0 Å². The van der Waals surface area contributed by atoms with Gasteiger partial charge in [0.1, 0.15) is 5.69 Å². The Morgan fingerprint density at radius 2 is 1.81 bits per heavy atom. The fourth-order valence-electron chi connectivity index (χ4n) is 3.53. The van der Waals surface area contributed by atoms with E-state index in [0.717, 1.165) is 28.8 Å². The molecule has 1 N–H and O–H groups in total. The lowest BCUT2D eigenvalue weighted by atomic mass is 9.96. The number of H-pyrrole nitrogens is 1. The zero-order valence-corrected chi connectivity index (χ0v) is 16.7. The normalized spacial score (nSPS) is 16.1. The SMILES string of the molecule is CCCN1C(=O)c2[nH]nc(-c3ccc(Cl)cc3)c2C1c1ccc(Cl)c(Cl)c1. The van der Waals surface area contributed by atoms with Crippen LogP contribution in [0.4, 0.5) is 0 Å². The summed E-state index contributed by atoms with van der Waals surface area (Å²) in [6.07, 6.45) is 0.845. The molecule has 27 heavy (non-hydrogen) atoms. The van der Waals surface area contributed by atoms with Crippen molar-refractivity contribution in [1.82, 2.24) is 15.1 Å². The lowest BCUT2D eigenvalue weighted by Gasteiger charge is -2.26. The lowest BCUT2D eigenvalue weighted by molar-refractivity contribution is 0.0744. The number of hydrogen-bond acceptors (Lipinski definition) is 2. The van der Waals surface area contributed by atoms with Gasteiger partial charge in [-0.1, -0.05) is 59.9 Å². The minimum absolute atomic E-state index is 0.0596. The average Bonchev–Trinajstić information content (AvgIpc) is 3.19. The first kappa shape index (κ1) is 18.4. The summed E-state index contributed by atoms with van der Waals surface area (Å²) in [6.45, 7) is 2.68. The number of fused-ring (bicyclic) bond motifs is 1. The van der Waals surface area contributed by atoms with Crippen LogP contribution in [0.3, 0.4) is 0 Å². The van der Waals surface area contributed by atoms with Crippen LogP contribution in [0.15, 0.2) is 42.5 Å². The third-order valence-corrected chi connectivity index (χ3v) is 5.70. The highest BCUT2D eigenvalue weighted by Gasteiger charge is 2.41. The molecule has 0 fully saturated rings. The third kappa shape index (κ3) is 3.12. The van der Waals surface area contributed by atoms with Crippen LogP contribution in [-0.4, -0.2) is 27.5 Å². The number of rotatable bonds is 4. The number of amides is 1. The van der Waals surface area contributed by atoms with Gasteiger partial charge >= 0.3 is 0 Å². The second-order valence-corrected chi connectivity index (χ2v) is 7.69. The Morgan fingerprint density at radius 1 is 1.07 bits per heavy atom. The van der Waals surface area contributed by atoms with Crippen molar-refractivity contribution in [3.8, 4) is 11.3 Å². The number of halogens is 3. The van der Waals surface area contributed by atoms with Crippen LogP contribution < -0.4 is 0 Å². The molecule has 138 valence electrons. The largest absolute Gasteiger partial charge is 0.326 e. The van der Waals surface area contributed by atoms with Crippen molar-refractivity contribution in [2.24, 2.45) is 0 Å². The summed E-state index contributed by atoms with van der Waals surface area (Å²) >= 11 is 18.4. The molecule has 1 aliphatic heterocycles. The summed E-state index contributed by atoms with van der Waals surface area (Å²) in [5, 5.41) is 8.95. The van der Waals surface area contributed by atoms with Crippen molar-refractivity contribution in [3.63, 3.8) is 0 Å². The fraction of sp³-hybridized carbons (Fsp3) is 0.200. The molecule has 7 heteroatoms. The maximum Gasteiger partial charge on any atom is 0.273 e. The molecule has 1 unspecified atom stereocenters. The molecular formula is C20H16Cl3N3O. The van der Waals surface area contributed by atoms with Gasteiger partial charge in [-0.2, -0.15) is 5.10 Å². The Hall–Kier alpha value is -2.01. The topological polar surface area (TPSA) is 49.0 Å². The Kier molecular flexibility index (Phi) is 4.89. The first-order valence-electron chi connectivity index (χ1n) is 8.61. The molecule has 1 amide bonds. The molecule has 1 aliphatic rings. The van der Waals surface area contributed by atoms with E-state index in [4.69, 9.17) is 34.8 Å². The molecule has 0 aliphatic carbocycles. The second kappa shape index (κ2) is 7.19. The van der Waals surface area contributed by atoms with Crippen LogP contribution in [0.2, 0.25) is 15.1 Å². The first-order chi connectivity index (χ1) is 13.0. The molecule has 0 spiro atoms. The highest BCUT2D eigenvalue weighted by Crippen LogP contribution is 2.43. The van der Waals surface area contributed by atoms with Gasteiger partial charge in [0, 0.05) is 22.7 Å². The van der Waals surface area contributed by atoms with Crippen molar-refractivity contribution in [1.29, 1.82) is 0 Å². The van der Waals surface area contributed by atoms with Gasteiger partial charge in [-0.05, 0) is 36.2 Å². The van der Waals surface area contributed by atoms with Crippen molar-refractivity contribution in [2.75, 3.05) is 6.54 Å². The first-order valence-corrected chi connectivity index (χ1v) is 9.74. The average molecular weight is 421 g/mol. The van der Waals surface area contributed by atoms with Crippen molar-refractivity contribution in [3.05, 3.63) is 74.4 Å². The summed E-state index contributed by atoms with van der Waals surface area (Å²) in [6, 6.07) is 12.6. The smallest absolute Gasteiger partial charge is 0.273 e. The van der Waals surface area contributed by atoms with Gasteiger partial charge in [-0.15, -0.1) is 0 Å². The lowest BCUT2D eigenvalue weighted by Crippen LogP contribution is -2.30. The molecule has 0 saturated heterocycles. The van der Waals surface area contributed by atoms with Crippen LogP contribution in [0.1, 0.15) is 41.0 Å². The minimum atomic E-state index is -0.272. The van der Waals surface area contributed by atoms with Crippen LogP contribution in [-0.2, 0) is 0 Å². The van der Waals surface area contributed by atoms with E-state index in [9.17, 15) is 4.79 Å². The van der Waals surface area contributed by atoms with Gasteiger partial charge in [0.2, 0.25) is 0 Å². The van der Waals surface area contributed by atoms with E-state index in [-0.39, 0.29) is 11.9 Å². The number of nitrogens with zero attached hydrogens (tertiary/aromatic N) is 2.